The zero-order valence-corrected chi connectivity index (χ0v) is 11.3. The van der Waals surface area contributed by atoms with Gasteiger partial charge in [-0.15, -0.1) is 0 Å². The third-order valence-corrected chi connectivity index (χ3v) is 2.94. The Labute approximate surface area is 117 Å². The van der Waals surface area contributed by atoms with E-state index in [2.05, 4.69) is 42.6 Å². The minimum absolute atomic E-state index is 0.558. The molecule has 2 atom stereocenters. The number of hydrogen-bond donors (Lipinski definition) is 3. The SMILES string of the molecule is CC1CCC(c2ccccc2)N1.O=C(O)/C=C/C(=O)O. The Kier molecular flexibility index (Phi) is 6.46. The first-order valence-electron chi connectivity index (χ1n) is 6.44. The molecule has 20 heavy (non-hydrogen) atoms. The highest BCUT2D eigenvalue weighted by Crippen LogP contribution is 2.25. The number of carboxylic acid groups (broad SMARTS) is 2. The molecule has 0 amide bonds. The van der Waals surface area contributed by atoms with Gasteiger partial charge in [-0.25, -0.2) is 9.59 Å². The molecule has 2 unspecified atom stereocenters. The number of benzene rings is 1. The van der Waals surface area contributed by atoms with Crippen molar-refractivity contribution in [3.8, 4) is 0 Å². The van der Waals surface area contributed by atoms with Gasteiger partial charge in [0.25, 0.3) is 0 Å². The van der Waals surface area contributed by atoms with Crippen molar-refractivity contribution < 1.29 is 19.8 Å². The van der Waals surface area contributed by atoms with Gasteiger partial charge in [0, 0.05) is 24.2 Å². The molecule has 1 aliphatic heterocycles. The summed E-state index contributed by atoms with van der Waals surface area (Å²) in [4.78, 5) is 19.1. The maximum atomic E-state index is 9.55. The van der Waals surface area contributed by atoms with Crippen LogP contribution in [0, 0.1) is 0 Å². The van der Waals surface area contributed by atoms with E-state index in [0.29, 0.717) is 24.2 Å². The average molecular weight is 277 g/mol. The van der Waals surface area contributed by atoms with Gasteiger partial charge >= 0.3 is 11.9 Å². The molecule has 1 aromatic carbocycles. The Morgan fingerprint density at radius 2 is 1.65 bits per heavy atom. The van der Waals surface area contributed by atoms with E-state index in [0.717, 1.165) is 0 Å². The number of hydrogen-bond acceptors (Lipinski definition) is 3. The molecule has 108 valence electrons. The van der Waals surface area contributed by atoms with Gasteiger partial charge in [-0.1, -0.05) is 30.3 Å². The van der Waals surface area contributed by atoms with E-state index in [1.807, 2.05) is 0 Å². The summed E-state index contributed by atoms with van der Waals surface area (Å²) in [6.07, 6.45) is 3.70. The van der Waals surface area contributed by atoms with Gasteiger partial charge in [0.15, 0.2) is 0 Å². The van der Waals surface area contributed by atoms with Crippen LogP contribution in [0.3, 0.4) is 0 Å². The second-order valence-corrected chi connectivity index (χ2v) is 4.62. The Balaban J connectivity index is 0.000000221. The van der Waals surface area contributed by atoms with Crippen LogP contribution < -0.4 is 5.32 Å². The standard InChI is InChI=1S/C11H15N.C4H4O4/c1-9-7-8-11(12-9)10-5-3-2-4-6-10;5-3(6)1-2-4(7)8/h2-6,9,11-12H,7-8H2,1H3;1-2H,(H,5,6)(H,7,8)/b;2-1+. The van der Waals surface area contributed by atoms with Gasteiger partial charge in [-0.2, -0.15) is 0 Å². The van der Waals surface area contributed by atoms with Crippen molar-refractivity contribution in [2.45, 2.75) is 31.8 Å². The molecule has 0 radical (unpaired) electrons. The molecular formula is C15H19NO4. The molecule has 0 aliphatic carbocycles. The summed E-state index contributed by atoms with van der Waals surface area (Å²) < 4.78 is 0. The molecular weight excluding hydrogens is 258 g/mol. The second kappa shape index (κ2) is 8.12. The maximum Gasteiger partial charge on any atom is 0.328 e. The number of carboxylic acids is 2. The summed E-state index contributed by atoms with van der Waals surface area (Å²) >= 11 is 0. The van der Waals surface area contributed by atoms with Crippen LogP contribution in [-0.2, 0) is 9.59 Å². The van der Waals surface area contributed by atoms with Crippen LogP contribution in [-0.4, -0.2) is 28.2 Å². The zero-order chi connectivity index (χ0) is 15.0. The van der Waals surface area contributed by atoms with Gasteiger partial charge in [-0.05, 0) is 25.3 Å². The Morgan fingerprint density at radius 3 is 2.05 bits per heavy atom. The van der Waals surface area contributed by atoms with Gasteiger partial charge in [0.1, 0.15) is 0 Å². The van der Waals surface area contributed by atoms with E-state index in [1.165, 1.54) is 18.4 Å². The lowest BCUT2D eigenvalue weighted by Crippen LogP contribution is -2.20. The highest BCUT2D eigenvalue weighted by atomic mass is 16.4. The summed E-state index contributed by atoms with van der Waals surface area (Å²) in [5, 5.41) is 19.2. The maximum absolute atomic E-state index is 9.55. The lowest BCUT2D eigenvalue weighted by atomic mass is 10.1. The van der Waals surface area contributed by atoms with E-state index < -0.39 is 11.9 Å². The molecule has 0 aromatic heterocycles. The van der Waals surface area contributed by atoms with Crippen LogP contribution in [0.5, 0.6) is 0 Å². The molecule has 1 saturated heterocycles. The van der Waals surface area contributed by atoms with Crippen molar-refractivity contribution in [1.82, 2.24) is 5.32 Å². The van der Waals surface area contributed by atoms with Crippen molar-refractivity contribution in [1.29, 1.82) is 0 Å². The van der Waals surface area contributed by atoms with Crippen LogP contribution in [0.15, 0.2) is 42.5 Å². The smallest absolute Gasteiger partial charge is 0.328 e. The normalized spacial score (nSPS) is 21.2. The predicted molar refractivity (Wildman–Crippen MR) is 75.4 cm³/mol. The largest absolute Gasteiger partial charge is 0.478 e. The van der Waals surface area contributed by atoms with Crippen molar-refractivity contribution in [2.75, 3.05) is 0 Å². The minimum atomic E-state index is -1.26. The summed E-state index contributed by atoms with van der Waals surface area (Å²) in [5.41, 5.74) is 1.43. The van der Waals surface area contributed by atoms with Crippen molar-refractivity contribution in [3.63, 3.8) is 0 Å². The molecule has 0 bridgehead atoms. The van der Waals surface area contributed by atoms with Gasteiger partial charge in [0.2, 0.25) is 0 Å². The quantitative estimate of drug-likeness (QED) is 0.737. The summed E-state index contributed by atoms with van der Waals surface area (Å²) in [6.45, 7) is 2.25. The van der Waals surface area contributed by atoms with Gasteiger partial charge < -0.3 is 15.5 Å². The van der Waals surface area contributed by atoms with E-state index in [1.54, 1.807) is 0 Å². The van der Waals surface area contributed by atoms with E-state index in [4.69, 9.17) is 10.2 Å². The second-order valence-electron chi connectivity index (χ2n) is 4.62. The fraction of sp³-hybridized carbons (Fsp3) is 0.333. The molecule has 0 spiro atoms. The van der Waals surface area contributed by atoms with Gasteiger partial charge in [-0.3, -0.25) is 0 Å². The minimum Gasteiger partial charge on any atom is -0.478 e. The number of nitrogens with one attached hydrogen (secondary N) is 1. The molecule has 1 fully saturated rings. The van der Waals surface area contributed by atoms with E-state index in [9.17, 15) is 9.59 Å². The third kappa shape index (κ3) is 6.15. The van der Waals surface area contributed by atoms with E-state index in [-0.39, 0.29) is 0 Å². The first-order chi connectivity index (χ1) is 9.49. The molecule has 5 nitrogen and oxygen atoms in total. The Hall–Kier alpha value is -2.14. The van der Waals surface area contributed by atoms with Crippen LogP contribution in [0.1, 0.15) is 31.4 Å². The van der Waals surface area contributed by atoms with Crippen molar-refractivity contribution in [2.24, 2.45) is 0 Å². The Bertz CT molecular complexity index is 454. The topological polar surface area (TPSA) is 86.6 Å². The monoisotopic (exact) mass is 277 g/mol. The summed E-state index contributed by atoms with van der Waals surface area (Å²) in [7, 11) is 0. The highest BCUT2D eigenvalue weighted by Gasteiger charge is 2.20. The first-order valence-corrected chi connectivity index (χ1v) is 6.44. The van der Waals surface area contributed by atoms with Crippen LogP contribution in [0.25, 0.3) is 0 Å². The summed E-state index contributed by atoms with van der Waals surface area (Å²) in [6, 6.07) is 12.0. The predicted octanol–water partition coefficient (Wildman–Crippen LogP) is 2.21. The highest BCUT2D eigenvalue weighted by molar-refractivity contribution is 5.89. The number of aliphatic carboxylic acids is 2. The lowest BCUT2D eigenvalue weighted by molar-refractivity contribution is -0.134. The van der Waals surface area contributed by atoms with Crippen LogP contribution in [0.4, 0.5) is 0 Å². The van der Waals surface area contributed by atoms with Crippen molar-refractivity contribution >= 4 is 11.9 Å². The molecule has 2 rings (SSSR count). The molecule has 1 aliphatic rings. The number of rotatable bonds is 3. The van der Waals surface area contributed by atoms with Crippen LogP contribution in [0.2, 0.25) is 0 Å². The van der Waals surface area contributed by atoms with Crippen LogP contribution >= 0.6 is 0 Å². The molecule has 0 saturated carbocycles. The fourth-order valence-electron chi connectivity index (χ4n) is 2.02. The first kappa shape index (κ1) is 15.9. The molecule has 1 heterocycles. The fourth-order valence-corrected chi connectivity index (χ4v) is 2.02. The van der Waals surface area contributed by atoms with Crippen molar-refractivity contribution in [3.05, 3.63) is 48.0 Å². The zero-order valence-electron chi connectivity index (χ0n) is 11.3. The molecule has 1 aromatic rings. The Morgan fingerprint density at radius 1 is 1.10 bits per heavy atom. The number of carbonyl (C=O) groups is 2. The summed E-state index contributed by atoms with van der Waals surface area (Å²) in [5.74, 6) is -2.51. The molecule has 5 heteroatoms. The third-order valence-electron chi connectivity index (χ3n) is 2.94. The molecule has 3 N–H and O–H groups in total. The lowest BCUT2D eigenvalue weighted by Gasteiger charge is -2.11. The van der Waals surface area contributed by atoms with Gasteiger partial charge in [0.05, 0.1) is 0 Å². The van der Waals surface area contributed by atoms with E-state index >= 15 is 0 Å². The average Bonchev–Trinajstić information content (AvgIpc) is 2.85.